The van der Waals surface area contributed by atoms with Crippen LogP contribution in [0.25, 0.3) is 0 Å². The number of hydrogen-bond acceptors (Lipinski definition) is 1. The molecule has 0 unspecified atom stereocenters. The molecule has 1 aromatic rings. The van der Waals surface area contributed by atoms with Gasteiger partial charge in [0.15, 0.2) is 0 Å². The van der Waals surface area contributed by atoms with Crippen LogP contribution in [0.2, 0.25) is 0 Å². The second-order valence-electron chi connectivity index (χ2n) is 2.97. The lowest BCUT2D eigenvalue weighted by molar-refractivity contribution is 0.448. The van der Waals surface area contributed by atoms with Crippen molar-refractivity contribution in [2.24, 2.45) is 0 Å². The van der Waals surface area contributed by atoms with E-state index in [9.17, 15) is 0 Å². The summed E-state index contributed by atoms with van der Waals surface area (Å²) in [6.07, 6.45) is 0. The second-order valence-corrected chi connectivity index (χ2v) is 2.97. The summed E-state index contributed by atoms with van der Waals surface area (Å²) in [6.45, 7) is 4.07. The van der Waals surface area contributed by atoms with Gasteiger partial charge in [0.2, 0.25) is 0 Å². The maximum absolute atomic E-state index is 9.12. The van der Waals surface area contributed by atoms with E-state index >= 15 is 0 Å². The van der Waals surface area contributed by atoms with E-state index in [-0.39, 0.29) is 5.75 Å². The smallest absolute Gasteiger partial charge is 0.257 e. The number of aromatic hydroxyl groups is 1. The van der Waals surface area contributed by atoms with Gasteiger partial charge >= 0.3 is 0 Å². The normalized spacial score (nSPS) is 10.5. The van der Waals surface area contributed by atoms with E-state index in [4.69, 9.17) is 10.2 Å². The third kappa shape index (κ3) is 1.87. The van der Waals surface area contributed by atoms with Crippen LogP contribution in [0.15, 0.2) is 18.2 Å². The van der Waals surface area contributed by atoms with Crippen LogP contribution in [0.1, 0.15) is 25.3 Å². The van der Waals surface area contributed by atoms with E-state index in [1.54, 1.807) is 12.1 Å². The van der Waals surface area contributed by atoms with Crippen LogP contribution >= 0.6 is 0 Å². The molecule has 0 heterocycles. The molecule has 0 atom stereocenters. The Bertz CT molecular complexity index is 233. The van der Waals surface area contributed by atoms with Crippen LogP contribution in [-0.2, 0) is 0 Å². The summed E-state index contributed by atoms with van der Waals surface area (Å²) in [4.78, 5) is 0. The van der Waals surface area contributed by atoms with Gasteiger partial charge in [-0.2, -0.15) is 0 Å². The third-order valence-electron chi connectivity index (χ3n) is 1.61. The fourth-order valence-electron chi connectivity index (χ4n) is 0.968. The van der Waals surface area contributed by atoms with Crippen LogP contribution in [-0.4, -0.2) is 10.2 Å². The monoisotopic (exact) mass is 153 g/mol. The molecule has 1 rings (SSSR count). The molecule has 0 aliphatic rings. The third-order valence-corrected chi connectivity index (χ3v) is 1.61. The highest BCUT2D eigenvalue weighted by Crippen LogP contribution is 2.25. The zero-order valence-electron chi connectivity index (χ0n) is 6.76. The summed E-state index contributed by atoms with van der Waals surface area (Å²) in [5.74, 6) is 0.918. The Hall–Kier alpha value is -1.18. The fraction of sp³-hybridized carbons (Fsp3) is 0.333. The van der Waals surface area contributed by atoms with Gasteiger partial charge in [0.05, 0.1) is 6.07 Å². The van der Waals surface area contributed by atoms with Gasteiger partial charge < -0.3 is 10.2 Å². The summed E-state index contributed by atoms with van der Waals surface area (Å²) in [5, 5.41) is 16.4. The van der Waals surface area contributed by atoms with Gasteiger partial charge in [-0.05, 0) is 17.5 Å². The maximum atomic E-state index is 9.12. The highest BCUT2D eigenvalue weighted by atomic mass is 16.3. The predicted molar refractivity (Wildman–Crippen MR) is 45.3 cm³/mol. The summed E-state index contributed by atoms with van der Waals surface area (Å²) in [6, 6.07) is 4.90. The molecule has 0 saturated heterocycles. The molecule has 0 saturated carbocycles. The first-order valence-electron chi connectivity index (χ1n) is 3.65. The number of hydrogen-bond donors (Lipinski definition) is 1. The summed E-state index contributed by atoms with van der Waals surface area (Å²) < 4.78 is 0. The minimum Gasteiger partial charge on any atom is -0.593 e. The quantitative estimate of drug-likeness (QED) is 0.616. The molecular weight excluding hydrogens is 140 g/mol. The minimum atomic E-state index is 0.182. The van der Waals surface area contributed by atoms with E-state index in [1.807, 2.05) is 13.8 Å². The molecule has 0 aromatic heterocycles. The van der Waals surface area contributed by atoms with Crippen molar-refractivity contribution in [2.75, 3.05) is 0 Å². The Balaban J connectivity index is 3.08. The molecule has 0 bridgehead atoms. The van der Waals surface area contributed by atoms with Crippen molar-refractivity contribution in [2.45, 2.75) is 19.8 Å². The largest absolute Gasteiger partial charge is 0.593 e. The van der Waals surface area contributed by atoms with E-state index in [0.717, 1.165) is 5.56 Å². The van der Waals surface area contributed by atoms with E-state index < -0.39 is 0 Å². The first-order valence-corrected chi connectivity index (χ1v) is 3.65. The van der Waals surface area contributed by atoms with Crippen molar-refractivity contribution in [1.82, 2.24) is 0 Å². The Morgan fingerprint density at radius 1 is 1.27 bits per heavy atom. The summed E-state index contributed by atoms with van der Waals surface area (Å²) in [5.41, 5.74) is 1.01. The second kappa shape index (κ2) is 2.82. The Labute approximate surface area is 66.1 Å². The number of rotatable bonds is 1. The molecule has 1 aromatic carbocycles. The molecule has 2 heteroatoms. The van der Waals surface area contributed by atoms with Crippen LogP contribution in [0.3, 0.4) is 0 Å². The van der Waals surface area contributed by atoms with Crippen molar-refractivity contribution in [3.8, 4) is 11.5 Å². The number of benzene rings is 1. The van der Waals surface area contributed by atoms with Gasteiger partial charge in [-0.3, -0.25) is 0 Å². The number of phenols is 1. The fourth-order valence-corrected chi connectivity index (χ4v) is 0.968. The topological polar surface area (TPSA) is 43.1 Å². The van der Waals surface area contributed by atoms with Crippen LogP contribution in [0.4, 0.5) is 0 Å². The van der Waals surface area contributed by atoms with Crippen molar-refractivity contribution >= 4 is 0 Å². The first kappa shape index (κ1) is 7.92. The zero-order valence-corrected chi connectivity index (χ0v) is 6.76. The van der Waals surface area contributed by atoms with Crippen LogP contribution in [0, 0.1) is 0 Å². The predicted octanol–water partition coefficient (Wildman–Crippen LogP) is 1.95. The van der Waals surface area contributed by atoms with Gasteiger partial charge in [-0.15, -0.1) is 0 Å². The molecule has 60 valence electrons. The highest BCUT2D eigenvalue weighted by Gasteiger charge is 2.04. The van der Waals surface area contributed by atoms with Crippen molar-refractivity contribution in [3.05, 3.63) is 23.8 Å². The first-order chi connectivity index (χ1) is 5.09. The molecule has 0 aliphatic heterocycles. The molecule has 0 spiro atoms. The van der Waals surface area contributed by atoms with Gasteiger partial charge in [0.1, 0.15) is 5.75 Å². The SMILES string of the molecule is CC(C)c1cc(O)cc([OH2+])c1. The highest BCUT2D eigenvalue weighted by molar-refractivity contribution is 5.37. The van der Waals surface area contributed by atoms with Crippen molar-refractivity contribution in [3.63, 3.8) is 0 Å². The van der Waals surface area contributed by atoms with Crippen molar-refractivity contribution in [1.29, 1.82) is 0 Å². The zero-order chi connectivity index (χ0) is 8.43. The molecular formula is C9H13O2+. The Morgan fingerprint density at radius 3 is 2.36 bits per heavy atom. The average molecular weight is 153 g/mol. The van der Waals surface area contributed by atoms with Gasteiger partial charge in [0, 0.05) is 6.07 Å². The van der Waals surface area contributed by atoms with E-state index in [1.165, 1.54) is 6.07 Å². The Kier molecular flexibility index (Phi) is 2.03. The van der Waals surface area contributed by atoms with E-state index in [2.05, 4.69) is 0 Å². The summed E-state index contributed by atoms with van der Waals surface area (Å²) in [7, 11) is 0. The van der Waals surface area contributed by atoms with Crippen LogP contribution < -0.4 is 0 Å². The molecule has 0 radical (unpaired) electrons. The molecule has 0 amide bonds. The van der Waals surface area contributed by atoms with Crippen molar-refractivity contribution < 1.29 is 10.2 Å². The summed E-state index contributed by atoms with van der Waals surface area (Å²) >= 11 is 0. The van der Waals surface area contributed by atoms with Gasteiger partial charge in [-0.25, -0.2) is 0 Å². The molecule has 11 heavy (non-hydrogen) atoms. The van der Waals surface area contributed by atoms with Gasteiger partial charge in [0.25, 0.3) is 5.75 Å². The van der Waals surface area contributed by atoms with Gasteiger partial charge in [-0.1, -0.05) is 13.8 Å². The molecule has 0 fully saturated rings. The molecule has 2 nitrogen and oxygen atoms in total. The number of phenolic OH excluding ortho intramolecular Hbond substituents is 1. The maximum Gasteiger partial charge on any atom is 0.257 e. The lowest BCUT2D eigenvalue weighted by Crippen LogP contribution is -1.85. The standard InChI is InChI=1S/C9H12O2/c1-6(2)7-3-8(10)5-9(11)4-7/h3-6,10-11H,1-2H3/p+1. The Morgan fingerprint density at radius 2 is 1.91 bits per heavy atom. The minimum absolute atomic E-state index is 0.182. The molecule has 3 N–H and O–H groups in total. The average Bonchev–Trinajstić information content (AvgIpc) is 1.85. The lowest BCUT2D eigenvalue weighted by atomic mass is 10.0. The van der Waals surface area contributed by atoms with Crippen LogP contribution in [0.5, 0.6) is 11.5 Å². The molecule has 0 aliphatic carbocycles. The van der Waals surface area contributed by atoms with E-state index in [0.29, 0.717) is 11.7 Å². The lowest BCUT2D eigenvalue weighted by Gasteiger charge is -2.04.